The minimum Gasteiger partial charge on any atom is -0.313 e. The van der Waals surface area contributed by atoms with Gasteiger partial charge >= 0.3 is 0 Å². The lowest BCUT2D eigenvalue weighted by atomic mass is 10.1. The summed E-state index contributed by atoms with van der Waals surface area (Å²) in [6.45, 7) is 2.67. The fourth-order valence-corrected chi connectivity index (χ4v) is 2.71. The van der Waals surface area contributed by atoms with E-state index in [0.29, 0.717) is 19.4 Å². The zero-order valence-corrected chi connectivity index (χ0v) is 13.8. The van der Waals surface area contributed by atoms with Gasteiger partial charge in [0, 0.05) is 24.8 Å². The van der Waals surface area contributed by atoms with Gasteiger partial charge in [0.25, 0.3) is 0 Å². The second-order valence-corrected chi connectivity index (χ2v) is 5.60. The number of carbonyl (C=O) groups excluding carboxylic acids is 1. The van der Waals surface area contributed by atoms with Crippen LogP contribution < -0.4 is 4.90 Å². The Bertz CT molecular complexity index is 781. The highest BCUT2D eigenvalue weighted by molar-refractivity contribution is 5.93. The lowest BCUT2D eigenvalue weighted by Crippen LogP contribution is -2.30. The largest absolute Gasteiger partial charge is 0.313 e. The maximum Gasteiger partial charge on any atom is 0.227 e. The van der Waals surface area contributed by atoms with Crippen molar-refractivity contribution in [1.82, 2.24) is 9.78 Å². The van der Waals surface area contributed by atoms with Crippen LogP contribution in [0.25, 0.3) is 5.69 Å². The number of amides is 1. The molecule has 0 aliphatic carbocycles. The monoisotopic (exact) mass is 319 g/mol. The molecule has 3 rings (SSSR count). The lowest BCUT2D eigenvalue weighted by Gasteiger charge is -2.20. The average Bonchev–Trinajstić information content (AvgIpc) is 3.11. The number of aryl methyl sites for hydroxylation is 1. The summed E-state index contributed by atoms with van der Waals surface area (Å²) in [5, 5.41) is 4.38. The summed E-state index contributed by atoms with van der Waals surface area (Å²) in [6.07, 6.45) is 4.98. The summed E-state index contributed by atoms with van der Waals surface area (Å²) in [5.74, 6) is 0.135. The number of rotatable bonds is 6. The predicted molar refractivity (Wildman–Crippen MR) is 96.4 cm³/mol. The average molecular weight is 319 g/mol. The third-order valence-electron chi connectivity index (χ3n) is 3.97. The van der Waals surface area contributed by atoms with Crippen molar-refractivity contribution in [1.29, 1.82) is 0 Å². The molecule has 24 heavy (non-hydrogen) atoms. The second kappa shape index (κ2) is 7.59. The van der Waals surface area contributed by atoms with Crippen LogP contribution >= 0.6 is 0 Å². The molecule has 1 heterocycles. The molecule has 1 aromatic heterocycles. The standard InChI is InChI=1S/C20H21N3O/c1-2-22(18-9-5-3-6-10-18)20(24)14-13-17-15-21-23(16-17)19-11-7-4-8-12-19/h3-12,15-16H,2,13-14H2,1H3. The molecule has 0 N–H and O–H groups in total. The zero-order valence-electron chi connectivity index (χ0n) is 13.8. The van der Waals surface area contributed by atoms with Crippen molar-refractivity contribution < 1.29 is 4.79 Å². The van der Waals surface area contributed by atoms with Gasteiger partial charge in [0.1, 0.15) is 0 Å². The summed E-state index contributed by atoms with van der Waals surface area (Å²) in [7, 11) is 0. The van der Waals surface area contributed by atoms with E-state index in [-0.39, 0.29) is 5.91 Å². The second-order valence-electron chi connectivity index (χ2n) is 5.60. The molecule has 122 valence electrons. The first-order valence-electron chi connectivity index (χ1n) is 8.22. The van der Waals surface area contributed by atoms with E-state index in [1.807, 2.05) is 89.6 Å². The van der Waals surface area contributed by atoms with E-state index >= 15 is 0 Å². The Labute approximate surface area is 142 Å². The lowest BCUT2D eigenvalue weighted by molar-refractivity contribution is -0.118. The van der Waals surface area contributed by atoms with Gasteiger partial charge in [-0.2, -0.15) is 5.10 Å². The van der Waals surface area contributed by atoms with Crippen molar-refractivity contribution in [2.75, 3.05) is 11.4 Å². The number of hydrogen-bond acceptors (Lipinski definition) is 2. The van der Waals surface area contributed by atoms with Crippen LogP contribution in [0.3, 0.4) is 0 Å². The first-order chi connectivity index (χ1) is 11.8. The molecule has 0 atom stereocenters. The van der Waals surface area contributed by atoms with E-state index in [4.69, 9.17) is 0 Å². The van der Waals surface area contributed by atoms with Gasteiger partial charge < -0.3 is 4.90 Å². The summed E-state index contributed by atoms with van der Waals surface area (Å²) < 4.78 is 1.84. The van der Waals surface area contributed by atoms with Gasteiger partial charge in [0.2, 0.25) is 5.91 Å². The number of hydrogen-bond donors (Lipinski definition) is 0. The SMILES string of the molecule is CCN(C(=O)CCc1cnn(-c2ccccc2)c1)c1ccccc1. The van der Waals surface area contributed by atoms with Gasteiger partial charge in [-0.3, -0.25) is 4.79 Å². The number of aromatic nitrogens is 2. The zero-order chi connectivity index (χ0) is 16.8. The van der Waals surface area contributed by atoms with Crippen LogP contribution in [0, 0.1) is 0 Å². The molecule has 0 saturated carbocycles. The summed E-state index contributed by atoms with van der Waals surface area (Å²) in [5.41, 5.74) is 3.04. The first-order valence-corrected chi connectivity index (χ1v) is 8.22. The van der Waals surface area contributed by atoms with Gasteiger partial charge in [0.15, 0.2) is 0 Å². The van der Waals surface area contributed by atoms with Crippen molar-refractivity contribution in [3.8, 4) is 5.69 Å². The number of carbonyl (C=O) groups is 1. The number of nitrogens with zero attached hydrogens (tertiary/aromatic N) is 3. The molecule has 0 fully saturated rings. The number of para-hydroxylation sites is 2. The van der Waals surface area contributed by atoms with Crippen molar-refractivity contribution in [2.24, 2.45) is 0 Å². The number of anilines is 1. The van der Waals surface area contributed by atoms with Crippen LogP contribution in [0.4, 0.5) is 5.69 Å². The van der Waals surface area contributed by atoms with Crippen molar-refractivity contribution in [3.05, 3.63) is 78.6 Å². The molecule has 4 heteroatoms. The Hall–Kier alpha value is -2.88. The fraction of sp³-hybridized carbons (Fsp3) is 0.200. The molecule has 3 aromatic rings. The van der Waals surface area contributed by atoms with E-state index in [2.05, 4.69) is 5.10 Å². The molecule has 0 spiro atoms. The van der Waals surface area contributed by atoms with Gasteiger partial charge in [-0.05, 0) is 43.2 Å². The maximum absolute atomic E-state index is 12.5. The molecule has 0 aliphatic heterocycles. The van der Waals surface area contributed by atoms with E-state index in [9.17, 15) is 4.79 Å². The molecule has 0 radical (unpaired) electrons. The molecular formula is C20H21N3O. The van der Waals surface area contributed by atoms with E-state index in [1.54, 1.807) is 0 Å². The summed E-state index contributed by atoms with van der Waals surface area (Å²) in [4.78, 5) is 14.3. The van der Waals surface area contributed by atoms with E-state index in [1.165, 1.54) is 0 Å². The predicted octanol–water partition coefficient (Wildman–Crippen LogP) is 3.86. The highest BCUT2D eigenvalue weighted by Gasteiger charge is 2.14. The van der Waals surface area contributed by atoms with Crippen molar-refractivity contribution in [3.63, 3.8) is 0 Å². The highest BCUT2D eigenvalue weighted by atomic mass is 16.2. The van der Waals surface area contributed by atoms with Crippen LogP contribution in [-0.2, 0) is 11.2 Å². The molecule has 1 amide bonds. The van der Waals surface area contributed by atoms with Crippen LogP contribution in [0.1, 0.15) is 18.9 Å². The molecule has 2 aromatic carbocycles. The Balaban J connectivity index is 1.63. The number of benzene rings is 2. The van der Waals surface area contributed by atoms with Crippen LogP contribution in [0.5, 0.6) is 0 Å². The maximum atomic E-state index is 12.5. The normalized spacial score (nSPS) is 10.5. The third kappa shape index (κ3) is 3.71. The minimum absolute atomic E-state index is 0.135. The van der Waals surface area contributed by atoms with Gasteiger partial charge in [0.05, 0.1) is 11.9 Å². The summed E-state index contributed by atoms with van der Waals surface area (Å²) >= 11 is 0. The van der Waals surface area contributed by atoms with Gasteiger partial charge in [-0.15, -0.1) is 0 Å². The van der Waals surface area contributed by atoms with Crippen LogP contribution in [0.2, 0.25) is 0 Å². The van der Waals surface area contributed by atoms with E-state index in [0.717, 1.165) is 16.9 Å². The fourth-order valence-electron chi connectivity index (χ4n) is 2.71. The Morgan fingerprint density at radius 1 is 1.04 bits per heavy atom. The minimum atomic E-state index is 0.135. The molecule has 0 unspecified atom stereocenters. The highest BCUT2D eigenvalue weighted by Crippen LogP contribution is 2.15. The Kier molecular flexibility index (Phi) is 5.06. The molecule has 0 bridgehead atoms. The Morgan fingerprint density at radius 2 is 1.71 bits per heavy atom. The molecular weight excluding hydrogens is 298 g/mol. The molecule has 4 nitrogen and oxygen atoms in total. The Morgan fingerprint density at radius 3 is 2.38 bits per heavy atom. The van der Waals surface area contributed by atoms with Gasteiger partial charge in [-0.1, -0.05) is 36.4 Å². The quantitative estimate of drug-likeness (QED) is 0.692. The van der Waals surface area contributed by atoms with E-state index < -0.39 is 0 Å². The van der Waals surface area contributed by atoms with Crippen molar-refractivity contribution >= 4 is 11.6 Å². The smallest absolute Gasteiger partial charge is 0.227 e. The third-order valence-corrected chi connectivity index (χ3v) is 3.97. The first kappa shape index (κ1) is 16.0. The van der Waals surface area contributed by atoms with Crippen LogP contribution in [-0.4, -0.2) is 22.2 Å². The molecule has 0 saturated heterocycles. The summed E-state index contributed by atoms with van der Waals surface area (Å²) in [6, 6.07) is 19.8. The topological polar surface area (TPSA) is 38.1 Å². The van der Waals surface area contributed by atoms with Gasteiger partial charge in [-0.25, -0.2) is 4.68 Å². The van der Waals surface area contributed by atoms with Crippen molar-refractivity contribution in [2.45, 2.75) is 19.8 Å². The molecule has 0 aliphatic rings. The van der Waals surface area contributed by atoms with Crippen LogP contribution in [0.15, 0.2) is 73.1 Å².